The summed E-state index contributed by atoms with van der Waals surface area (Å²) < 4.78 is 85.5. The zero-order valence-corrected chi connectivity index (χ0v) is 22.2. The fourth-order valence-electron chi connectivity index (χ4n) is 5.80. The van der Waals surface area contributed by atoms with Gasteiger partial charge in [-0.3, -0.25) is 14.5 Å². The van der Waals surface area contributed by atoms with Gasteiger partial charge in [0, 0.05) is 50.5 Å². The minimum atomic E-state index is -5.06. The molecule has 41 heavy (non-hydrogen) atoms. The molecule has 2 aromatic carbocycles. The predicted molar refractivity (Wildman–Crippen MR) is 137 cm³/mol. The average molecular weight is 585 g/mol. The lowest BCUT2D eigenvalue weighted by Crippen LogP contribution is -2.57. The molecule has 0 unspecified atom stereocenters. The number of ether oxygens (including phenoxy) is 1. The molecule has 1 spiro atoms. The van der Waals surface area contributed by atoms with Crippen LogP contribution in [0.2, 0.25) is 0 Å². The molecule has 222 valence electrons. The SMILES string of the molecule is O=C(c1cc(C(F)(F)F)cc(C(F)(F)F)c1)N1CCC2(CC1)C(=O)N(CCN1CCOCC1)CN2c1ccccc1. The smallest absolute Gasteiger partial charge is 0.379 e. The van der Waals surface area contributed by atoms with E-state index in [2.05, 4.69) is 4.90 Å². The zero-order valence-electron chi connectivity index (χ0n) is 22.2. The van der Waals surface area contributed by atoms with Crippen molar-refractivity contribution in [2.45, 2.75) is 30.7 Å². The first-order valence-corrected chi connectivity index (χ1v) is 13.4. The summed E-state index contributed by atoms with van der Waals surface area (Å²) >= 11 is 0. The third kappa shape index (κ3) is 6.01. The van der Waals surface area contributed by atoms with Crippen molar-refractivity contribution in [1.29, 1.82) is 0 Å². The van der Waals surface area contributed by atoms with Crippen LogP contribution in [0.15, 0.2) is 48.5 Å². The van der Waals surface area contributed by atoms with Crippen LogP contribution in [0.3, 0.4) is 0 Å². The summed E-state index contributed by atoms with van der Waals surface area (Å²) in [7, 11) is 0. The van der Waals surface area contributed by atoms with E-state index in [1.807, 2.05) is 35.2 Å². The Morgan fingerprint density at radius 3 is 1.98 bits per heavy atom. The Hall–Kier alpha value is -3.32. The van der Waals surface area contributed by atoms with Gasteiger partial charge in [0.15, 0.2) is 0 Å². The first-order valence-electron chi connectivity index (χ1n) is 13.4. The predicted octanol–water partition coefficient (Wildman–Crippen LogP) is 4.34. The largest absolute Gasteiger partial charge is 0.416 e. The van der Waals surface area contributed by atoms with Crippen LogP contribution in [-0.4, -0.2) is 91.2 Å². The molecule has 0 atom stereocenters. The van der Waals surface area contributed by atoms with Gasteiger partial charge >= 0.3 is 12.4 Å². The molecule has 3 saturated heterocycles. The number of alkyl halides is 6. The van der Waals surface area contributed by atoms with Crippen LogP contribution in [0.5, 0.6) is 0 Å². The summed E-state index contributed by atoms with van der Waals surface area (Å²) in [5, 5.41) is 0. The van der Waals surface area contributed by atoms with Gasteiger partial charge in [-0.05, 0) is 43.2 Å². The lowest BCUT2D eigenvalue weighted by Gasteiger charge is -2.43. The Balaban J connectivity index is 1.36. The highest BCUT2D eigenvalue weighted by molar-refractivity contribution is 5.96. The van der Waals surface area contributed by atoms with Crippen LogP contribution >= 0.6 is 0 Å². The Labute approximate surface area is 233 Å². The van der Waals surface area contributed by atoms with E-state index in [4.69, 9.17) is 4.74 Å². The summed E-state index contributed by atoms with van der Waals surface area (Å²) in [6, 6.07) is 10.2. The molecule has 0 N–H and O–H groups in total. The highest BCUT2D eigenvalue weighted by atomic mass is 19.4. The Bertz CT molecular complexity index is 1220. The molecular formula is C28H30F6N4O3. The van der Waals surface area contributed by atoms with Gasteiger partial charge in [0.05, 0.1) is 31.0 Å². The average Bonchev–Trinajstić information content (AvgIpc) is 3.22. The standard InChI is InChI=1S/C28H30F6N4O3/c29-27(30,31)21-16-20(17-22(18-21)28(32,33)34)24(39)36-8-6-26(7-9-36)25(40)37(11-10-35-12-14-41-15-13-35)19-38(26)23-4-2-1-3-5-23/h1-5,16-18H,6-15,19H2. The number of morpholine rings is 1. The molecule has 2 aromatic rings. The number of piperidine rings is 1. The number of benzene rings is 2. The van der Waals surface area contributed by atoms with E-state index in [0.717, 1.165) is 18.8 Å². The van der Waals surface area contributed by atoms with E-state index >= 15 is 0 Å². The van der Waals surface area contributed by atoms with Crippen LogP contribution in [0.25, 0.3) is 0 Å². The Morgan fingerprint density at radius 2 is 1.41 bits per heavy atom. The number of para-hydroxylation sites is 1. The van der Waals surface area contributed by atoms with Crippen LogP contribution in [0.1, 0.15) is 34.3 Å². The van der Waals surface area contributed by atoms with Crippen molar-refractivity contribution < 1.29 is 40.7 Å². The van der Waals surface area contributed by atoms with Crippen molar-refractivity contribution in [3.05, 3.63) is 65.2 Å². The third-order valence-corrected chi connectivity index (χ3v) is 8.08. The molecule has 3 aliphatic heterocycles. The van der Waals surface area contributed by atoms with E-state index in [1.54, 1.807) is 4.90 Å². The molecule has 2 amide bonds. The Kier molecular flexibility index (Phi) is 7.94. The van der Waals surface area contributed by atoms with Crippen LogP contribution in [-0.2, 0) is 21.9 Å². The van der Waals surface area contributed by atoms with Crippen molar-refractivity contribution in [2.24, 2.45) is 0 Å². The second-order valence-electron chi connectivity index (χ2n) is 10.5. The first-order chi connectivity index (χ1) is 19.4. The van der Waals surface area contributed by atoms with E-state index in [-0.39, 0.29) is 37.9 Å². The first kappa shape index (κ1) is 29.2. The number of nitrogens with zero attached hydrogens (tertiary/aromatic N) is 4. The number of hydrogen-bond donors (Lipinski definition) is 0. The highest BCUT2D eigenvalue weighted by Gasteiger charge is 2.54. The normalized spacial score (nSPS) is 20.2. The zero-order chi connectivity index (χ0) is 29.4. The molecule has 13 heteroatoms. The number of likely N-dealkylation sites (tertiary alicyclic amines) is 1. The lowest BCUT2D eigenvalue weighted by molar-refractivity contribution is -0.143. The van der Waals surface area contributed by atoms with Crippen molar-refractivity contribution in [1.82, 2.24) is 14.7 Å². The van der Waals surface area contributed by atoms with E-state index in [0.29, 0.717) is 45.1 Å². The maximum atomic E-state index is 13.9. The van der Waals surface area contributed by atoms with Gasteiger partial charge in [-0.25, -0.2) is 0 Å². The molecule has 5 rings (SSSR count). The quantitative estimate of drug-likeness (QED) is 0.490. The lowest BCUT2D eigenvalue weighted by atomic mass is 9.85. The van der Waals surface area contributed by atoms with Gasteiger partial charge in [-0.2, -0.15) is 26.3 Å². The number of amides is 2. The fraction of sp³-hybridized carbons (Fsp3) is 0.500. The van der Waals surface area contributed by atoms with Gasteiger partial charge in [0.25, 0.3) is 5.91 Å². The third-order valence-electron chi connectivity index (χ3n) is 8.08. The molecule has 3 heterocycles. The minimum Gasteiger partial charge on any atom is -0.379 e. The van der Waals surface area contributed by atoms with Crippen LogP contribution < -0.4 is 4.90 Å². The van der Waals surface area contributed by atoms with E-state index in [1.165, 1.54) is 4.90 Å². The number of carbonyl (C=O) groups excluding carboxylic acids is 2. The number of rotatable bonds is 5. The molecular weight excluding hydrogens is 554 g/mol. The van der Waals surface area contributed by atoms with Crippen molar-refractivity contribution in [2.75, 3.05) is 64.1 Å². The topological polar surface area (TPSA) is 56.3 Å². The van der Waals surface area contributed by atoms with Crippen LogP contribution in [0.4, 0.5) is 32.0 Å². The summed E-state index contributed by atoms with van der Waals surface area (Å²) in [4.78, 5) is 34.3. The van der Waals surface area contributed by atoms with Crippen molar-refractivity contribution >= 4 is 17.5 Å². The van der Waals surface area contributed by atoms with Gasteiger partial charge in [0.1, 0.15) is 5.54 Å². The number of carbonyl (C=O) groups is 2. The van der Waals surface area contributed by atoms with Gasteiger partial charge < -0.3 is 19.4 Å². The molecule has 7 nitrogen and oxygen atoms in total. The number of halogens is 6. The monoisotopic (exact) mass is 584 g/mol. The Morgan fingerprint density at radius 1 is 0.829 bits per heavy atom. The molecule has 0 aromatic heterocycles. The van der Waals surface area contributed by atoms with Crippen molar-refractivity contribution in [3.8, 4) is 0 Å². The number of anilines is 1. The highest BCUT2D eigenvalue weighted by Crippen LogP contribution is 2.41. The maximum absolute atomic E-state index is 13.9. The van der Waals surface area contributed by atoms with Gasteiger partial charge in [-0.15, -0.1) is 0 Å². The molecule has 0 aliphatic carbocycles. The van der Waals surface area contributed by atoms with Gasteiger partial charge in [0.2, 0.25) is 5.91 Å². The summed E-state index contributed by atoms with van der Waals surface area (Å²) in [6.07, 6.45) is -9.74. The molecule has 3 fully saturated rings. The molecule has 0 radical (unpaired) electrons. The molecule has 0 saturated carbocycles. The van der Waals surface area contributed by atoms with E-state index in [9.17, 15) is 35.9 Å². The van der Waals surface area contributed by atoms with E-state index < -0.39 is 40.5 Å². The summed E-state index contributed by atoms with van der Waals surface area (Å²) in [5.74, 6) is -1.03. The maximum Gasteiger partial charge on any atom is 0.416 e. The van der Waals surface area contributed by atoms with Crippen molar-refractivity contribution in [3.63, 3.8) is 0 Å². The molecule has 0 bridgehead atoms. The van der Waals surface area contributed by atoms with Crippen LogP contribution in [0, 0.1) is 0 Å². The summed E-state index contributed by atoms with van der Waals surface area (Å²) in [6.45, 7) is 4.33. The number of hydrogen-bond acceptors (Lipinski definition) is 5. The second-order valence-corrected chi connectivity index (χ2v) is 10.5. The van der Waals surface area contributed by atoms with Gasteiger partial charge in [-0.1, -0.05) is 18.2 Å². The fourth-order valence-corrected chi connectivity index (χ4v) is 5.80. The minimum absolute atomic E-state index is 0.00239. The summed E-state index contributed by atoms with van der Waals surface area (Å²) in [5.41, 5.74) is -3.92. The second kappa shape index (κ2) is 11.2. The molecule has 3 aliphatic rings.